The van der Waals surface area contributed by atoms with E-state index in [1.807, 2.05) is 24.3 Å². The summed E-state index contributed by atoms with van der Waals surface area (Å²) in [6.45, 7) is 0. The molecule has 0 spiro atoms. The summed E-state index contributed by atoms with van der Waals surface area (Å²) in [4.78, 5) is 27.3. The van der Waals surface area contributed by atoms with Gasteiger partial charge in [0.2, 0.25) is 0 Å². The van der Waals surface area contributed by atoms with E-state index in [2.05, 4.69) is 29.9 Å². The van der Waals surface area contributed by atoms with Gasteiger partial charge in [0.15, 0.2) is 23.3 Å². The van der Waals surface area contributed by atoms with E-state index in [4.69, 9.17) is 52.7 Å². The molecule has 2 N–H and O–H groups in total. The molecule has 5 heterocycles. The molecule has 2 aliphatic heterocycles. The van der Waals surface area contributed by atoms with Crippen molar-refractivity contribution in [1.29, 1.82) is 0 Å². The monoisotopic (exact) mass is 969 g/mol. The molecule has 16 nitrogen and oxygen atoms in total. The van der Waals surface area contributed by atoms with E-state index >= 15 is 0 Å². The number of benzene rings is 4. The summed E-state index contributed by atoms with van der Waals surface area (Å²) in [5.41, 5.74) is 1.07. The van der Waals surface area contributed by atoms with Crippen LogP contribution in [0.3, 0.4) is 0 Å². The van der Waals surface area contributed by atoms with E-state index in [1.165, 1.54) is 0 Å². The standard InChI is InChI=1S/C32H14Cl4N8O8S4.Cu/c33-53(45,46)21-19-20(22(54(34,47)48)24(56(36,51)52)23(21)55(35,49)50)32-43-30-18-12-6-4-10-16(18)28(41-30)39-26-14-8-2-1-7-13(14)25(37-26)38-27-15-9-3-5-11-17(15)29(40-27)42-31(19)44-32;/h1-12H,(H2,37,38,39,40,41,42,43,44);/q;+2. The summed E-state index contributed by atoms with van der Waals surface area (Å²) in [7, 11) is 1.17. The molecule has 291 valence electrons. The molecule has 9 rings (SSSR count). The number of hydrogen-bond donors (Lipinski definition) is 2. The predicted octanol–water partition coefficient (Wildman–Crippen LogP) is 6.58. The van der Waals surface area contributed by atoms with Crippen LogP contribution in [0.25, 0.3) is 89.7 Å². The maximum Gasteiger partial charge on any atom is 2.00 e. The molecule has 2 aliphatic rings. The van der Waals surface area contributed by atoms with Crippen molar-refractivity contribution in [3.8, 4) is 45.6 Å². The summed E-state index contributed by atoms with van der Waals surface area (Å²) < 4.78 is 107. The molecule has 0 fully saturated rings. The van der Waals surface area contributed by atoms with Crippen LogP contribution in [0, 0.1) is 0 Å². The van der Waals surface area contributed by atoms with Crippen molar-refractivity contribution in [2.45, 2.75) is 19.6 Å². The van der Waals surface area contributed by atoms with Gasteiger partial charge in [0.05, 0.1) is 10.8 Å². The molecule has 0 unspecified atom stereocenters. The van der Waals surface area contributed by atoms with Crippen LogP contribution < -0.4 is 0 Å². The smallest absolute Gasteiger partial charge is 0.324 e. The third-order valence-electron chi connectivity index (χ3n) is 8.79. The number of aromatic amines is 2. The van der Waals surface area contributed by atoms with Gasteiger partial charge in [0.1, 0.15) is 42.2 Å². The van der Waals surface area contributed by atoms with Crippen LogP contribution in [0.15, 0.2) is 92.4 Å². The fourth-order valence-electron chi connectivity index (χ4n) is 6.70. The Kier molecular flexibility index (Phi) is 9.28. The number of hydrogen-bond acceptors (Lipinski definition) is 14. The molecule has 0 aliphatic carbocycles. The fourth-order valence-corrected chi connectivity index (χ4v) is 14.3. The number of rotatable bonds is 4. The predicted molar refractivity (Wildman–Crippen MR) is 208 cm³/mol. The SMILES string of the molecule is O=S(=O)(Cl)c1c(S(=O)(=O)Cl)c(S(=O)(=O)Cl)c2c3nc4nc(nc5[nH]c(nc6nc(nc([nH]3)c2c1S(=O)(=O)Cl)-c1ccccc1-6)c1ccccc51)-c1ccccc1-4.[Cu+2]. The Morgan fingerprint density at radius 1 is 0.368 bits per heavy atom. The van der Waals surface area contributed by atoms with E-state index in [0.29, 0.717) is 44.3 Å². The second-order valence-corrected chi connectivity index (χ2v) is 22.1. The topological polar surface area (TPSA) is 245 Å². The number of halogens is 4. The zero-order valence-corrected chi connectivity index (χ0v) is 34.6. The first-order chi connectivity index (χ1) is 26.3. The molecule has 0 amide bonds. The number of H-pyrrole nitrogens is 2. The zero-order valence-electron chi connectivity index (χ0n) is 27.3. The van der Waals surface area contributed by atoms with Gasteiger partial charge in [-0.1, -0.05) is 72.8 Å². The normalized spacial score (nSPS) is 13.0. The summed E-state index contributed by atoms with van der Waals surface area (Å²) >= 11 is 0. The summed E-state index contributed by atoms with van der Waals surface area (Å²) in [5, 5.41) is -0.436. The quantitative estimate of drug-likeness (QED) is 0.140. The average Bonchev–Trinajstić information content (AvgIpc) is 3.84. The first kappa shape index (κ1) is 39.5. The van der Waals surface area contributed by atoms with Crippen molar-refractivity contribution < 1.29 is 50.7 Å². The number of nitrogens with zero attached hydrogens (tertiary/aromatic N) is 6. The van der Waals surface area contributed by atoms with Crippen molar-refractivity contribution in [1.82, 2.24) is 39.9 Å². The van der Waals surface area contributed by atoms with Gasteiger partial charge in [-0.3, -0.25) is 0 Å². The minimum atomic E-state index is -5.56. The molecule has 4 aromatic carbocycles. The maximum atomic E-state index is 13.5. The van der Waals surface area contributed by atoms with Gasteiger partial charge < -0.3 is 9.97 Å². The van der Waals surface area contributed by atoms with E-state index in [9.17, 15) is 33.7 Å². The summed E-state index contributed by atoms with van der Waals surface area (Å²) in [6, 6.07) is 20.6. The zero-order chi connectivity index (χ0) is 39.7. The van der Waals surface area contributed by atoms with Gasteiger partial charge in [-0.2, -0.15) is 0 Å². The van der Waals surface area contributed by atoms with E-state index in [0.717, 1.165) is 0 Å². The van der Waals surface area contributed by atoms with E-state index < -0.39 is 77.9 Å². The van der Waals surface area contributed by atoms with Gasteiger partial charge in [-0.25, -0.2) is 63.6 Å². The molecular weight excluding hydrogens is 958 g/mol. The fraction of sp³-hybridized carbons (Fsp3) is 0. The van der Waals surface area contributed by atoms with E-state index in [-0.39, 0.29) is 40.4 Å². The van der Waals surface area contributed by atoms with Crippen molar-refractivity contribution in [2.75, 3.05) is 0 Å². The number of aromatic nitrogens is 8. The van der Waals surface area contributed by atoms with Crippen molar-refractivity contribution >= 4 is 123 Å². The van der Waals surface area contributed by atoms with Crippen LogP contribution in [0.5, 0.6) is 0 Å². The van der Waals surface area contributed by atoms with Crippen molar-refractivity contribution in [3.63, 3.8) is 0 Å². The van der Waals surface area contributed by atoms with Crippen LogP contribution in [0.1, 0.15) is 0 Å². The second kappa shape index (κ2) is 13.4. The molecule has 1 radical (unpaired) electrons. The van der Waals surface area contributed by atoms with Gasteiger partial charge >= 0.3 is 17.1 Å². The van der Waals surface area contributed by atoms with Crippen molar-refractivity contribution in [3.05, 3.63) is 72.8 Å². The second-order valence-electron chi connectivity index (χ2n) is 12.1. The minimum Gasteiger partial charge on any atom is -0.324 e. The number of fused-ring (bicyclic) bond motifs is 20. The Labute approximate surface area is 348 Å². The Hall–Kier alpha value is -4.28. The van der Waals surface area contributed by atoms with Crippen LogP contribution in [0.2, 0.25) is 0 Å². The Morgan fingerprint density at radius 2 is 0.632 bits per heavy atom. The largest absolute Gasteiger partial charge is 2.00 e. The van der Waals surface area contributed by atoms with Crippen LogP contribution in [0.4, 0.5) is 0 Å². The van der Waals surface area contributed by atoms with Crippen LogP contribution in [-0.4, -0.2) is 73.5 Å². The van der Waals surface area contributed by atoms with Crippen molar-refractivity contribution in [2.24, 2.45) is 0 Å². The molecule has 0 saturated heterocycles. The molecule has 3 aromatic heterocycles. The summed E-state index contributed by atoms with van der Waals surface area (Å²) in [6.07, 6.45) is 0. The minimum absolute atomic E-state index is 0. The van der Waals surface area contributed by atoms with Crippen LogP contribution >= 0.6 is 42.7 Å². The molecule has 8 bridgehead atoms. The Bertz CT molecular complexity index is 3390. The van der Waals surface area contributed by atoms with Gasteiger partial charge in [0.25, 0.3) is 36.2 Å². The first-order valence-electron chi connectivity index (χ1n) is 15.4. The average molecular weight is 972 g/mol. The first-order valence-corrected chi connectivity index (χ1v) is 24.7. The third kappa shape index (κ3) is 6.46. The molecule has 7 aromatic rings. The van der Waals surface area contributed by atoms with Gasteiger partial charge in [-0.15, -0.1) is 0 Å². The van der Waals surface area contributed by atoms with Gasteiger partial charge in [0, 0.05) is 75.8 Å². The molecule has 0 saturated carbocycles. The maximum absolute atomic E-state index is 13.5. The third-order valence-corrected chi connectivity index (χ3v) is 14.6. The summed E-state index contributed by atoms with van der Waals surface area (Å²) in [5.74, 6) is -0.0328. The van der Waals surface area contributed by atoms with E-state index in [1.54, 1.807) is 48.5 Å². The molecule has 0 atom stereocenters. The molecular formula is C32H14Cl4CuN8O8S4+2. The Morgan fingerprint density at radius 3 is 0.930 bits per heavy atom. The van der Waals surface area contributed by atoms with Crippen LogP contribution in [-0.2, 0) is 53.3 Å². The molecule has 57 heavy (non-hydrogen) atoms. The van der Waals surface area contributed by atoms with Gasteiger partial charge in [-0.05, 0) is 0 Å². The Balaban J connectivity index is 0.00000455. The molecule has 25 heteroatoms. The number of nitrogens with one attached hydrogen (secondary N) is 2.